The lowest BCUT2D eigenvalue weighted by atomic mass is 9.96. The van der Waals surface area contributed by atoms with Crippen LogP contribution in [0.1, 0.15) is 17.4 Å². The number of hydrogen-bond acceptors (Lipinski definition) is 5. The molecule has 3 rings (SSSR count). The molecule has 0 radical (unpaired) electrons. The summed E-state index contributed by atoms with van der Waals surface area (Å²) in [4.78, 5) is 20.2. The summed E-state index contributed by atoms with van der Waals surface area (Å²) in [6, 6.07) is 3.21. The summed E-state index contributed by atoms with van der Waals surface area (Å²) < 4.78 is 13.8. The summed E-state index contributed by atoms with van der Waals surface area (Å²) in [6.45, 7) is 0. The van der Waals surface area contributed by atoms with Crippen LogP contribution < -0.4 is 5.32 Å². The first kappa shape index (κ1) is 16.8. The number of carboxylic acid groups (broad SMARTS) is 1. The minimum absolute atomic E-state index is 0.0717. The molecule has 24 heavy (non-hydrogen) atoms. The third-order valence-corrected chi connectivity index (χ3v) is 4.63. The second-order valence-corrected chi connectivity index (χ2v) is 6.25. The smallest absolute Gasteiger partial charge is 0.335 e. The number of amidine groups is 1. The number of aromatic nitrogens is 3. The molecule has 2 heterocycles. The Morgan fingerprint density at radius 1 is 1.42 bits per heavy atom. The van der Waals surface area contributed by atoms with E-state index in [1.807, 2.05) is 0 Å². The number of nitrogens with zero attached hydrogens (tertiary/aromatic N) is 3. The number of aliphatic imine (C=N–C) groups is 1. The molecule has 10 heteroatoms. The number of halogens is 3. The van der Waals surface area contributed by atoms with Gasteiger partial charge in [-0.15, -0.1) is 0 Å². The Kier molecular flexibility index (Phi) is 4.76. The van der Waals surface area contributed by atoms with Crippen molar-refractivity contribution in [3.05, 3.63) is 57.5 Å². The van der Waals surface area contributed by atoms with E-state index in [2.05, 4.69) is 57.4 Å². The van der Waals surface area contributed by atoms with Gasteiger partial charge in [-0.1, -0.05) is 37.9 Å². The van der Waals surface area contributed by atoms with Crippen LogP contribution in [-0.2, 0) is 4.79 Å². The van der Waals surface area contributed by atoms with Crippen LogP contribution in [0.2, 0.25) is 0 Å². The van der Waals surface area contributed by atoms with Crippen LogP contribution in [0.15, 0.2) is 45.3 Å². The van der Waals surface area contributed by atoms with Gasteiger partial charge in [-0.3, -0.25) is 10.1 Å². The largest absolute Gasteiger partial charge is 0.478 e. The molecule has 0 spiro atoms. The number of carbonyl (C=O) groups is 1. The van der Waals surface area contributed by atoms with Gasteiger partial charge < -0.3 is 10.4 Å². The second-order valence-electron chi connectivity index (χ2n) is 4.84. The van der Waals surface area contributed by atoms with Gasteiger partial charge in [0, 0.05) is 15.5 Å². The summed E-state index contributed by atoms with van der Waals surface area (Å²) in [5.74, 6) is -0.812. The molecule has 0 saturated carbocycles. The molecule has 1 aliphatic heterocycles. The van der Waals surface area contributed by atoms with Gasteiger partial charge in [0.05, 0.1) is 5.57 Å². The minimum Gasteiger partial charge on any atom is -0.478 e. The number of benzene rings is 1. The molecule has 0 saturated heterocycles. The average Bonchev–Trinajstić information content (AvgIpc) is 3.08. The van der Waals surface area contributed by atoms with Crippen molar-refractivity contribution in [2.24, 2.45) is 4.99 Å². The number of alkyl halides is 1. The maximum atomic E-state index is 13.4. The highest BCUT2D eigenvalue weighted by atomic mass is 79.9. The summed E-state index contributed by atoms with van der Waals surface area (Å²) >= 11 is 6.56. The first-order chi connectivity index (χ1) is 11.5. The van der Waals surface area contributed by atoms with Crippen molar-refractivity contribution in [2.75, 3.05) is 5.33 Å². The van der Waals surface area contributed by atoms with Crippen molar-refractivity contribution in [2.45, 2.75) is 6.04 Å². The van der Waals surface area contributed by atoms with Crippen LogP contribution in [0.4, 0.5) is 4.39 Å². The molecule has 1 aromatic carbocycles. The van der Waals surface area contributed by atoms with E-state index in [-0.39, 0.29) is 10.9 Å². The quantitative estimate of drug-likeness (QED) is 0.611. The van der Waals surface area contributed by atoms with Gasteiger partial charge in [-0.25, -0.2) is 14.2 Å². The fourth-order valence-electron chi connectivity index (χ4n) is 2.34. The minimum atomic E-state index is -1.11. The van der Waals surface area contributed by atoms with Crippen molar-refractivity contribution < 1.29 is 14.3 Å². The molecule has 1 atom stereocenters. The summed E-state index contributed by atoms with van der Waals surface area (Å²) in [6.07, 6.45) is 1.33. The highest BCUT2D eigenvalue weighted by Crippen LogP contribution is 2.36. The monoisotopic (exact) mass is 457 g/mol. The number of carboxylic acids is 1. The van der Waals surface area contributed by atoms with Crippen LogP contribution in [0.25, 0.3) is 0 Å². The number of aromatic amines is 1. The van der Waals surface area contributed by atoms with Gasteiger partial charge in [0.15, 0.2) is 11.7 Å². The molecular weight excluding hydrogens is 449 g/mol. The van der Waals surface area contributed by atoms with Gasteiger partial charge >= 0.3 is 5.97 Å². The third kappa shape index (κ3) is 3.11. The molecule has 1 aliphatic rings. The lowest BCUT2D eigenvalue weighted by molar-refractivity contribution is -0.133. The predicted molar refractivity (Wildman–Crippen MR) is 91.4 cm³/mol. The SMILES string of the molecule is O=C(O)C1=C(CBr)NC(c2ncn[nH]2)=NC1c1ccc(F)cc1Br. The Hall–Kier alpha value is -2.07. The fraction of sp³-hybridized carbons (Fsp3) is 0.143. The van der Waals surface area contributed by atoms with Gasteiger partial charge in [0.25, 0.3) is 0 Å². The van der Waals surface area contributed by atoms with Crippen LogP contribution in [0.5, 0.6) is 0 Å². The molecule has 0 bridgehead atoms. The fourth-order valence-corrected chi connectivity index (χ4v) is 3.35. The van der Waals surface area contributed by atoms with E-state index in [0.717, 1.165) is 0 Å². The first-order valence-electron chi connectivity index (χ1n) is 6.69. The van der Waals surface area contributed by atoms with Gasteiger partial charge in [0.2, 0.25) is 0 Å². The Labute approximate surface area is 152 Å². The van der Waals surface area contributed by atoms with Crippen LogP contribution >= 0.6 is 31.9 Å². The van der Waals surface area contributed by atoms with Crippen molar-refractivity contribution in [1.82, 2.24) is 20.5 Å². The van der Waals surface area contributed by atoms with E-state index >= 15 is 0 Å². The van der Waals surface area contributed by atoms with E-state index in [9.17, 15) is 14.3 Å². The lowest BCUT2D eigenvalue weighted by Gasteiger charge is -2.25. The Balaban J connectivity index is 2.17. The number of hydrogen-bond donors (Lipinski definition) is 3. The highest BCUT2D eigenvalue weighted by molar-refractivity contribution is 9.10. The lowest BCUT2D eigenvalue weighted by Crippen LogP contribution is -2.34. The summed E-state index contributed by atoms with van der Waals surface area (Å²) in [7, 11) is 0. The van der Waals surface area contributed by atoms with Gasteiger partial charge in [0.1, 0.15) is 18.2 Å². The van der Waals surface area contributed by atoms with Crippen molar-refractivity contribution in [1.29, 1.82) is 0 Å². The number of allylic oxidation sites excluding steroid dienone is 1. The topological polar surface area (TPSA) is 103 Å². The van der Waals surface area contributed by atoms with Crippen LogP contribution in [-0.4, -0.2) is 37.4 Å². The number of rotatable bonds is 4. The molecule has 0 amide bonds. The molecule has 7 nitrogen and oxygen atoms in total. The molecule has 2 aromatic rings. The first-order valence-corrected chi connectivity index (χ1v) is 8.60. The Morgan fingerprint density at radius 2 is 2.21 bits per heavy atom. The van der Waals surface area contributed by atoms with E-state index in [4.69, 9.17) is 0 Å². The van der Waals surface area contributed by atoms with E-state index in [0.29, 0.717) is 27.4 Å². The second kappa shape index (κ2) is 6.81. The Morgan fingerprint density at radius 3 is 2.79 bits per heavy atom. The third-order valence-electron chi connectivity index (χ3n) is 3.39. The molecular formula is C14H10Br2FN5O2. The zero-order chi connectivity index (χ0) is 17.3. The maximum absolute atomic E-state index is 13.4. The molecule has 3 N–H and O–H groups in total. The van der Waals surface area contributed by atoms with Gasteiger partial charge in [-0.05, 0) is 17.7 Å². The standard InChI is InChI=1S/C14H10Br2FN5O2/c15-4-9-10(14(23)24)11(7-2-1-6(17)3-8(7)16)21-13(20-9)12-18-5-19-22-12/h1-3,5,11H,4H2,(H,20,21)(H,23,24)(H,18,19,22). The van der Waals surface area contributed by atoms with E-state index < -0.39 is 17.8 Å². The van der Waals surface area contributed by atoms with E-state index in [1.54, 1.807) is 0 Å². The average molecular weight is 459 g/mol. The summed E-state index contributed by atoms with van der Waals surface area (Å²) in [5, 5.41) is 19.3. The molecule has 1 aromatic heterocycles. The predicted octanol–water partition coefficient (Wildman–Crippen LogP) is 2.53. The molecule has 0 aliphatic carbocycles. The Bertz CT molecular complexity index is 851. The molecule has 1 unspecified atom stereocenters. The normalized spacial score (nSPS) is 17.5. The number of H-pyrrole nitrogens is 1. The summed E-state index contributed by atoms with van der Waals surface area (Å²) in [5.41, 5.74) is 1.04. The molecule has 0 fully saturated rings. The van der Waals surface area contributed by atoms with Crippen molar-refractivity contribution in [3.8, 4) is 0 Å². The van der Waals surface area contributed by atoms with Crippen LogP contribution in [0.3, 0.4) is 0 Å². The van der Waals surface area contributed by atoms with Gasteiger partial charge in [-0.2, -0.15) is 5.10 Å². The molecule has 124 valence electrons. The van der Waals surface area contributed by atoms with Crippen LogP contribution in [0, 0.1) is 5.82 Å². The zero-order valence-corrected chi connectivity index (χ0v) is 15.1. The van der Waals surface area contributed by atoms with E-state index in [1.165, 1.54) is 24.5 Å². The number of aliphatic carboxylic acids is 1. The maximum Gasteiger partial charge on any atom is 0.335 e. The van der Waals surface area contributed by atoms with Crippen molar-refractivity contribution in [3.63, 3.8) is 0 Å². The highest BCUT2D eigenvalue weighted by Gasteiger charge is 2.32. The zero-order valence-electron chi connectivity index (χ0n) is 11.9. The number of nitrogens with one attached hydrogen (secondary N) is 2. The van der Waals surface area contributed by atoms with Crippen molar-refractivity contribution >= 4 is 43.7 Å².